The highest BCUT2D eigenvalue weighted by Crippen LogP contribution is 2.42. The Morgan fingerprint density at radius 2 is 1.62 bits per heavy atom. The summed E-state index contributed by atoms with van der Waals surface area (Å²) in [5, 5.41) is 18.0. The highest BCUT2D eigenvalue weighted by Gasteiger charge is 2.34. The van der Waals surface area contributed by atoms with Gasteiger partial charge in [0.25, 0.3) is 5.91 Å². The lowest BCUT2D eigenvalue weighted by Gasteiger charge is -2.30. The standard InChI is InChI=1S/C41H50N6O9/c1-22(2)13-31(38(50)45-30(40(52)53)11-8-12-44-41(42)43)47-39(51)32(16-25-9-6-5-7-10-25)46-37(49)26-17-27-20-54-21-55-36(27)29(18-26)35-19-33(48)28-14-23(3)24(4)15-34(28)56-35/h5-7,9-10,14-15,17-18,22,30-32,35H,8,11-13,16,19-21H2,1-4H3,(H,45,50)(H,46,49)(H,47,51)(H,52,53)(H4,42,43,44). The van der Waals surface area contributed by atoms with E-state index in [0.29, 0.717) is 34.6 Å². The number of fused-ring (bicyclic) bond motifs is 2. The Bertz CT molecular complexity index is 1980. The zero-order valence-corrected chi connectivity index (χ0v) is 32.1. The van der Waals surface area contributed by atoms with Crippen molar-refractivity contribution >= 4 is 35.4 Å². The second-order valence-electron chi connectivity index (χ2n) is 14.6. The first kappa shape index (κ1) is 41.2. The minimum atomic E-state index is -1.25. The predicted molar refractivity (Wildman–Crippen MR) is 207 cm³/mol. The van der Waals surface area contributed by atoms with Crippen molar-refractivity contribution in [1.82, 2.24) is 16.0 Å². The molecule has 0 saturated carbocycles. The van der Waals surface area contributed by atoms with Gasteiger partial charge in [-0.05, 0) is 80.0 Å². The molecule has 3 aromatic rings. The zero-order valence-electron chi connectivity index (χ0n) is 32.1. The van der Waals surface area contributed by atoms with Crippen molar-refractivity contribution in [3.05, 3.63) is 93.5 Å². The molecule has 15 heteroatoms. The Morgan fingerprint density at radius 3 is 2.32 bits per heavy atom. The van der Waals surface area contributed by atoms with Crippen LogP contribution in [-0.2, 0) is 32.1 Å². The van der Waals surface area contributed by atoms with Gasteiger partial charge < -0.3 is 46.7 Å². The number of ether oxygens (including phenoxy) is 3. The van der Waals surface area contributed by atoms with Crippen molar-refractivity contribution in [1.29, 1.82) is 0 Å². The topological polar surface area (TPSA) is 234 Å². The van der Waals surface area contributed by atoms with Crippen LogP contribution in [0, 0.1) is 19.8 Å². The number of benzene rings is 3. The number of guanidine groups is 1. The lowest BCUT2D eigenvalue weighted by atomic mass is 9.91. The molecule has 2 aliphatic heterocycles. The number of carboxylic acids is 1. The smallest absolute Gasteiger partial charge is 0.326 e. The molecule has 4 atom stereocenters. The van der Waals surface area contributed by atoms with Crippen LogP contribution in [0.1, 0.15) is 94.2 Å². The SMILES string of the molecule is Cc1cc2c(cc1C)C(=O)CC(c1cc(C(=O)NC(Cc3ccccc3)C(=O)NC(CC(C)C)C(=O)NC(CCCN=C(N)N)C(=O)O)cc3c1OCOC3)O2. The van der Waals surface area contributed by atoms with Gasteiger partial charge in [-0.1, -0.05) is 44.2 Å². The van der Waals surface area contributed by atoms with Crippen LogP contribution in [-0.4, -0.2) is 72.0 Å². The first-order valence-corrected chi connectivity index (χ1v) is 18.6. The van der Waals surface area contributed by atoms with Crippen LogP contribution < -0.4 is 36.9 Å². The molecule has 0 fully saturated rings. The fraction of sp³-hybridized carbons (Fsp3) is 0.415. The highest BCUT2D eigenvalue weighted by molar-refractivity contribution is 6.01. The first-order chi connectivity index (χ1) is 26.7. The average Bonchev–Trinajstić information content (AvgIpc) is 3.15. The van der Waals surface area contributed by atoms with Gasteiger partial charge in [0.15, 0.2) is 18.5 Å². The Labute approximate surface area is 325 Å². The van der Waals surface area contributed by atoms with E-state index >= 15 is 0 Å². The summed E-state index contributed by atoms with van der Waals surface area (Å²) in [5.41, 5.74) is 15.2. The number of carbonyl (C=O) groups excluding carboxylic acids is 4. The summed E-state index contributed by atoms with van der Waals surface area (Å²) < 4.78 is 17.8. The molecule has 4 unspecified atom stereocenters. The third kappa shape index (κ3) is 10.6. The van der Waals surface area contributed by atoms with Crippen molar-refractivity contribution in [2.75, 3.05) is 13.3 Å². The number of Topliss-reactive ketones (excluding diaryl/α,β-unsaturated/α-hetero) is 1. The largest absolute Gasteiger partial charge is 0.484 e. The van der Waals surface area contributed by atoms with E-state index in [1.165, 1.54) is 0 Å². The quantitative estimate of drug-likeness (QED) is 0.0702. The van der Waals surface area contributed by atoms with E-state index in [4.69, 9.17) is 25.7 Å². The number of aliphatic carboxylic acids is 1. The number of amides is 3. The Hall–Kier alpha value is -5.96. The van der Waals surface area contributed by atoms with Gasteiger partial charge in [0.05, 0.1) is 18.6 Å². The fourth-order valence-electron chi connectivity index (χ4n) is 6.68. The molecule has 5 rings (SSSR count). The molecular formula is C41H50N6O9. The summed E-state index contributed by atoms with van der Waals surface area (Å²) in [7, 11) is 0. The highest BCUT2D eigenvalue weighted by atomic mass is 16.7. The molecule has 15 nitrogen and oxygen atoms in total. The van der Waals surface area contributed by atoms with Crippen LogP contribution in [0.15, 0.2) is 59.6 Å². The molecule has 2 heterocycles. The lowest BCUT2D eigenvalue weighted by molar-refractivity contribution is -0.142. The van der Waals surface area contributed by atoms with Crippen molar-refractivity contribution in [3.63, 3.8) is 0 Å². The number of rotatable bonds is 16. The van der Waals surface area contributed by atoms with Crippen LogP contribution >= 0.6 is 0 Å². The monoisotopic (exact) mass is 770 g/mol. The molecule has 0 bridgehead atoms. The van der Waals surface area contributed by atoms with Gasteiger partial charge in [0, 0.05) is 29.7 Å². The number of aliphatic imine (C=N–C) groups is 1. The number of nitrogens with zero attached hydrogens (tertiary/aromatic N) is 1. The number of ketones is 1. The number of nitrogens with one attached hydrogen (secondary N) is 3. The van der Waals surface area contributed by atoms with Gasteiger partial charge in [0.2, 0.25) is 11.8 Å². The lowest BCUT2D eigenvalue weighted by Crippen LogP contribution is -2.56. The number of hydrogen-bond donors (Lipinski definition) is 6. The minimum Gasteiger partial charge on any atom is -0.484 e. The minimum absolute atomic E-state index is 0.0171. The summed E-state index contributed by atoms with van der Waals surface area (Å²) in [6, 6.07) is 12.4. The van der Waals surface area contributed by atoms with Crippen LogP contribution in [0.3, 0.4) is 0 Å². The van der Waals surface area contributed by atoms with Gasteiger partial charge in [-0.25, -0.2) is 4.79 Å². The predicted octanol–water partition coefficient (Wildman–Crippen LogP) is 3.37. The number of hydrogen-bond acceptors (Lipinski definition) is 9. The molecule has 3 aromatic carbocycles. The van der Waals surface area contributed by atoms with E-state index in [0.717, 1.165) is 16.7 Å². The molecule has 0 saturated heterocycles. The van der Waals surface area contributed by atoms with Gasteiger partial charge in [-0.2, -0.15) is 0 Å². The third-order valence-corrected chi connectivity index (χ3v) is 9.69. The number of nitrogens with two attached hydrogens (primary N) is 2. The summed E-state index contributed by atoms with van der Waals surface area (Å²) in [6.45, 7) is 7.91. The maximum atomic E-state index is 14.2. The first-order valence-electron chi connectivity index (χ1n) is 18.6. The molecule has 0 aliphatic carbocycles. The van der Waals surface area contributed by atoms with Crippen LogP contribution in [0.4, 0.5) is 0 Å². The molecule has 56 heavy (non-hydrogen) atoms. The molecule has 298 valence electrons. The Balaban J connectivity index is 1.40. The maximum Gasteiger partial charge on any atom is 0.326 e. The summed E-state index contributed by atoms with van der Waals surface area (Å²) in [4.78, 5) is 71.0. The summed E-state index contributed by atoms with van der Waals surface area (Å²) in [6.07, 6.45) is -0.111. The number of carbonyl (C=O) groups is 5. The Kier molecular flexibility index (Phi) is 13.7. The van der Waals surface area contributed by atoms with E-state index in [-0.39, 0.29) is 68.9 Å². The van der Waals surface area contributed by atoms with Crippen LogP contribution in [0.25, 0.3) is 0 Å². The van der Waals surface area contributed by atoms with E-state index in [9.17, 15) is 29.1 Å². The van der Waals surface area contributed by atoms with Gasteiger partial charge >= 0.3 is 5.97 Å². The van der Waals surface area contributed by atoms with Crippen LogP contribution in [0.2, 0.25) is 0 Å². The molecule has 0 radical (unpaired) electrons. The number of carboxylic acid groups (broad SMARTS) is 1. The normalized spacial score (nSPS) is 16.2. The van der Waals surface area contributed by atoms with Gasteiger partial charge in [0.1, 0.15) is 35.7 Å². The van der Waals surface area contributed by atoms with Crippen molar-refractivity contribution in [2.24, 2.45) is 22.4 Å². The molecule has 2 aliphatic rings. The third-order valence-electron chi connectivity index (χ3n) is 9.69. The second kappa shape index (κ2) is 18.6. The zero-order chi connectivity index (χ0) is 40.5. The fourth-order valence-corrected chi connectivity index (χ4v) is 6.68. The molecular weight excluding hydrogens is 720 g/mol. The van der Waals surface area contributed by atoms with Gasteiger partial charge in [-0.3, -0.25) is 24.2 Å². The van der Waals surface area contributed by atoms with E-state index in [1.54, 1.807) is 12.1 Å². The molecule has 8 N–H and O–H groups in total. The Morgan fingerprint density at radius 1 is 0.929 bits per heavy atom. The summed E-state index contributed by atoms with van der Waals surface area (Å²) in [5.74, 6) is -2.54. The van der Waals surface area contributed by atoms with Gasteiger partial charge in [-0.15, -0.1) is 0 Å². The molecule has 0 spiro atoms. The molecule has 3 amide bonds. The van der Waals surface area contributed by atoms with Crippen molar-refractivity contribution in [2.45, 2.75) is 90.6 Å². The van der Waals surface area contributed by atoms with E-state index in [1.807, 2.05) is 70.2 Å². The maximum absolute atomic E-state index is 14.2. The van der Waals surface area contributed by atoms with Crippen molar-refractivity contribution in [3.8, 4) is 11.5 Å². The van der Waals surface area contributed by atoms with E-state index in [2.05, 4.69) is 20.9 Å². The number of aryl methyl sites for hydroxylation is 2. The van der Waals surface area contributed by atoms with Crippen LogP contribution in [0.5, 0.6) is 11.5 Å². The molecule has 0 aromatic heterocycles. The van der Waals surface area contributed by atoms with E-state index < -0.39 is 47.9 Å². The summed E-state index contributed by atoms with van der Waals surface area (Å²) >= 11 is 0. The van der Waals surface area contributed by atoms with Crippen molar-refractivity contribution < 1.29 is 43.3 Å². The average molecular weight is 771 g/mol. The second-order valence-corrected chi connectivity index (χ2v) is 14.6.